The van der Waals surface area contributed by atoms with Crippen molar-refractivity contribution in [3.63, 3.8) is 0 Å². The maximum atomic E-state index is 12.6. The van der Waals surface area contributed by atoms with Gasteiger partial charge in [0.15, 0.2) is 0 Å². The highest BCUT2D eigenvalue weighted by Gasteiger charge is 2.27. The Hall–Kier alpha value is -2.12. The SMILES string of the molecule is CC(CCc1ccc(OC(C)C)cc1)Nc1ccc(S(=O)(=O)N2CCCC2)cn1. The van der Waals surface area contributed by atoms with Crippen LogP contribution >= 0.6 is 0 Å². The molecule has 1 fully saturated rings. The molecule has 6 nitrogen and oxygen atoms in total. The molecule has 0 aliphatic carbocycles. The number of aromatic nitrogens is 1. The predicted octanol–water partition coefficient (Wildman–Crippen LogP) is 4.09. The van der Waals surface area contributed by atoms with Crippen LogP contribution in [0.15, 0.2) is 47.5 Å². The molecule has 2 aromatic rings. The van der Waals surface area contributed by atoms with E-state index in [1.807, 2.05) is 26.0 Å². The van der Waals surface area contributed by atoms with Gasteiger partial charge >= 0.3 is 0 Å². The summed E-state index contributed by atoms with van der Waals surface area (Å²) in [6.45, 7) is 7.34. The molecular weight excluding hydrogens is 386 g/mol. The van der Waals surface area contributed by atoms with Gasteiger partial charge < -0.3 is 10.1 Å². The number of anilines is 1. The van der Waals surface area contributed by atoms with E-state index in [1.54, 1.807) is 12.1 Å². The molecule has 0 amide bonds. The summed E-state index contributed by atoms with van der Waals surface area (Å²) >= 11 is 0. The molecule has 29 heavy (non-hydrogen) atoms. The van der Waals surface area contributed by atoms with Crippen LogP contribution in [0.2, 0.25) is 0 Å². The second kappa shape index (κ2) is 9.59. The number of rotatable bonds is 9. The Kier molecular flexibility index (Phi) is 7.14. The molecule has 7 heteroatoms. The van der Waals surface area contributed by atoms with Gasteiger partial charge in [-0.25, -0.2) is 13.4 Å². The van der Waals surface area contributed by atoms with Gasteiger partial charge in [0, 0.05) is 25.3 Å². The highest BCUT2D eigenvalue weighted by molar-refractivity contribution is 7.89. The third kappa shape index (κ3) is 5.93. The van der Waals surface area contributed by atoms with Crippen molar-refractivity contribution in [2.75, 3.05) is 18.4 Å². The first-order valence-corrected chi connectivity index (χ1v) is 11.8. The molecular formula is C22H31N3O3S. The standard InChI is InChI=1S/C22H31N3O3S/c1-17(2)28-20-10-8-19(9-11-20)7-6-18(3)24-22-13-12-21(16-23-22)29(26,27)25-14-4-5-15-25/h8-13,16-18H,4-7,14-15H2,1-3H3,(H,23,24). The number of benzene rings is 1. The molecule has 0 spiro atoms. The molecule has 0 saturated carbocycles. The summed E-state index contributed by atoms with van der Waals surface area (Å²) in [5.41, 5.74) is 1.26. The monoisotopic (exact) mass is 417 g/mol. The van der Waals surface area contributed by atoms with Gasteiger partial charge in [-0.3, -0.25) is 0 Å². The lowest BCUT2D eigenvalue weighted by Crippen LogP contribution is -2.28. The fourth-order valence-electron chi connectivity index (χ4n) is 3.41. The van der Waals surface area contributed by atoms with E-state index in [-0.39, 0.29) is 17.0 Å². The van der Waals surface area contributed by atoms with E-state index in [4.69, 9.17) is 4.74 Å². The van der Waals surface area contributed by atoms with Crippen molar-refractivity contribution in [3.8, 4) is 5.75 Å². The average molecular weight is 418 g/mol. The van der Waals surface area contributed by atoms with Crippen LogP contribution in [0.5, 0.6) is 5.75 Å². The molecule has 1 atom stereocenters. The number of nitrogens with zero attached hydrogens (tertiary/aromatic N) is 2. The Morgan fingerprint density at radius 3 is 2.34 bits per heavy atom. The zero-order valence-corrected chi connectivity index (χ0v) is 18.3. The second-order valence-corrected chi connectivity index (χ2v) is 9.82. The van der Waals surface area contributed by atoms with Crippen LogP contribution in [0.4, 0.5) is 5.82 Å². The highest BCUT2D eigenvalue weighted by atomic mass is 32.2. The van der Waals surface area contributed by atoms with Crippen molar-refractivity contribution in [1.82, 2.24) is 9.29 Å². The number of pyridine rings is 1. The summed E-state index contributed by atoms with van der Waals surface area (Å²) in [5.74, 6) is 1.58. The van der Waals surface area contributed by atoms with E-state index in [0.717, 1.165) is 31.4 Å². The van der Waals surface area contributed by atoms with Crippen LogP contribution in [0.25, 0.3) is 0 Å². The minimum atomic E-state index is -3.41. The molecule has 2 heterocycles. The summed E-state index contributed by atoms with van der Waals surface area (Å²) in [4.78, 5) is 4.58. The Morgan fingerprint density at radius 1 is 1.07 bits per heavy atom. The van der Waals surface area contributed by atoms with Crippen molar-refractivity contribution in [3.05, 3.63) is 48.2 Å². The number of nitrogens with one attached hydrogen (secondary N) is 1. The van der Waals surface area contributed by atoms with E-state index in [9.17, 15) is 8.42 Å². The maximum absolute atomic E-state index is 12.6. The highest BCUT2D eigenvalue weighted by Crippen LogP contribution is 2.21. The maximum Gasteiger partial charge on any atom is 0.244 e. The molecule has 1 aliphatic rings. The Bertz CT molecular complexity index is 875. The van der Waals surface area contributed by atoms with Gasteiger partial charge in [-0.15, -0.1) is 0 Å². The molecule has 0 bridgehead atoms. The van der Waals surface area contributed by atoms with E-state index in [2.05, 4.69) is 29.4 Å². The van der Waals surface area contributed by atoms with Crippen LogP contribution < -0.4 is 10.1 Å². The van der Waals surface area contributed by atoms with Crippen LogP contribution in [-0.2, 0) is 16.4 Å². The molecule has 1 aliphatic heterocycles. The largest absolute Gasteiger partial charge is 0.491 e. The molecule has 1 N–H and O–H groups in total. The number of sulfonamides is 1. The van der Waals surface area contributed by atoms with Crippen LogP contribution in [0.1, 0.15) is 45.6 Å². The zero-order chi connectivity index (χ0) is 20.9. The topological polar surface area (TPSA) is 71.5 Å². The van der Waals surface area contributed by atoms with Crippen molar-refractivity contribution >= 4 is 15.8 Å². The van der Waals surface area contributed by atoms with Gasteiger partial charge in [0.2, 0.25) is 10.0 Å². The third-order valence-electron chi connectivity index (χ3n) is 4.99. The number of hydrogen-bond acceptors (Lipinski definition) is 5. The molecule has 3 rings (SSSR count). The van der Waals surface area contributed by atoms with Gasteiger partial charge in [0.1, 0.15) is 16.5 Å². The number of hydrogen-bond donors (Lipinski definition) is 1. The molecule has 1 saturated heterocycles. The summed E-state index contributed by atoms with van der Waals surface area (Å²) in [5, 5.41) is 3.35. The fraction of sp³-hybridized carbons (Fsp3) is 0.500. The van der Waals surface area contributed by atoms with Crippen LogP contribution in [0.3, 0.4) is 0 Å². The van der Waals surface area contributed by atoms with Crippen molar-refractivity contribution < 1.29 is 13.2 Å². The molecule has 1 unspecified atom stereocenters. The quantitative estimate of drug-likeness (QED) is 0.665. The van der Waals surface area contributed by atoms with Gasteiger partial charge in [0.05, 0.1) is 6.10 Å². The summed E-state index contributed by atoms with van der Waals surface area (Å²) < 4.78 is 32.3. The van der Waals surface area contributed by atoms with Gasteiger partial charge in [-0.05, 0) is 76.3 Å². The van der Waals surface area contributed by atoms with Crippen LogP contribution in [0, 0.1) is 0 Å². The average Bonchev–Trinajstić information content (AvgIpc) is 3.23. The fourth-order valence-corrected chi connectivity index (χ4v) is 4.87. The van der Waals surface area contributed by atoms with Crippen molar-refractivity contribution in [1.29, 1.82) is 0 Å². The van der Waals surface area contributed by atoms with Gasteiger partial charge in [-0.2, -0.15) is 4.31 Å². The molecule has 158 valence electrons. The lowest BCUT2D eigenvalue weighted by molar-refractivity contribution is 0.242. The van der Waals surface area contributed by atoms with Gasteiger partial charge in [-0.1, -0.05) is 12.1 Å². The first kappa shape index (κ1) is 21.6. The number of ether oxygens (including phenoxy) is 1. The Morgan fingerprint density at radius 2 is 1.76 bits per heavy atom. The lowest BCUT2D eigenvalue weighted by atomic mass is 10.1. The minimum absolute atomic E-state index is 0.175. The smallest absolute Gasteiger partial charge is 0.244 e. The molecule has 1 aromatic heterocycles. The third-order valence-corrected chi connectivity index (χ3v) is 6.88. The van der Waals surface area contributed by atoms with Crippen LogP contribution in [-0.4, -0.2) is 42.9 Å². The van der Waals surface area contributed by atoms with Crippen molar-refractivity contribution in [2.24, 2.45) is 0 Å². The Balaban J connectivity index is 1.51. The second-order valence-electron chi connectivity index (χ2n) is 7.88. The summed E-state index contributed by atoms with van der Waals surface area (Å²) in [7, 11) is -3.41. The normalized spacial score (nSPS) is 16.1. The minimum Gasteiger partial charge on any atom is -0.491 e. The first-order valence-electron chi connectivity index (χ1n) is 10.3. The van der Waals surface area contributed by atoms with E-state index < -0.39 is 10.0 Å². The van der Waals surface area contributed by atoms with E-state index in [0.29, 0.717) is 18.9 Å². The predicted molar refractivity (Wildman–Crippen MR) is 116 cm³/mol. The lowest BCUT2D eigenvalue weighted by Gasteiger charge is -2.17. The summed E-state index contributed by atoms with van der Waals surface area (Å²) in [6.07, 6.45) is 5.37. The molecule has 1 aromatic carbocycles. The molecule has 0 radical (unpaired) electrons. The number of aryl methyl sites for hydroxylation is 1. The summed E-state index contributed by atoms with van der Waals surface area (Å²) in [6, 6.07) is 11.8. The van der Waals surface area contributed by atoms with Crippen molar-refractivity contribution in [2.45, 2.75) is 63.5 Å². The van der Waals surface area contributed by atoms with E-state index in [1.165, 1.54) is 16.1 Å². The van der Waals surface area contributed by atoms with Gasteiger partial charge in [0.25, 0.3) is 0 Å². The Labute approximate surface area is 174 Å². The zero-order valence-electron chi connectivity index (χ0n) is 17.5. The van der Waals surface area contributed by atoms with E-state index >= 15 is 0 Å². The first-order chi connectivity index (χ1) is 13.8.